The Morgan fingerprint density at radius 2 is 2.12 bits per heavy atom. The van der Waals surface area contributed by atoms with E-state index >= 15 is 0 Å². The molecule has 2 aromatic heterocycles. The van der Waals surface area contributed by atoms with Crippen molar-refractivity contribution >= 4 is 0 Å². The first-order chi connectivity index (χ1) is 11.4. The predicted molar refractivity (Wildman–Crippen MR) is 91.8 cm³/mol. The lowest BCUT2D eigenvalue weighted by molar-refractivity contribution is 0.116. The van der Waals surface area contributed by atoms with Crippen LogP contribution in [0.4, 0.5) is 0 Å². The molecule has 0 radical (unpaired) electrons. The first-order valence-corrected chi connectivity index (χ1v) is 8.62. The van der Waals surface area contributed by atoms with Crippen molar-refractivity contribution in [1.29, 1.82) is 0 Å². The molecule has 1 saturated heterocycles. The standard InChI is InChI=1S/C17H26N6O/c1-11-8-16(24)20-17(18-11)12(2)22-7-5-6-15(9-22)10-23-14(4)19-13(3)21-23/h8,12,15H,5-7,9-10H2,1-4H3,(H,18,20,24)/t12-,15+/m1/s1. The zero-order valence-corrected chi connectivity index (χ0v) is 14.9. The van der Waals surface area contributed by atoms with Crippen LogP contribution in [0, 0.1) is 26.7 Å². The van der Waals surface area contributed by atoms with Crippen LogP contribution in [-0.2, 0) is 6.54 Å². The number of likely N-dealkylation sites (tertiary alicyclic amines) is 1. The molecule has 3 heterocycles. The molecule has 1 aliphatic rings. The summed E-state index contributed by atoms with van der Waals surface area (Å²) in [4.78, 5) is 25.9. The summed E-state index contributed by atoms with van der Waals surface area (Å²) in [6, 6.07) is 1.64. The number of aromatic nitrogens is 5. The van der Waals surface area contributed by atoms with E-state index < -0.39 is 0 Å². The van der Waals surface area contributed by atoms with Crippen LogP contribution >= 0.6 is 0 Å². The van der Waals surface area contributed by atoms with E-state index in [0.29, 0.717) is 5.92 Å². The number of aryl methyl sites for hydroxylation is 3. The Balaban J connectivity index is 1.70. The molecule has 7 nitrogen and oxygen atoms in total. The molecule has 1 N–H and O–H groups in total. The molecule has 130 valence electrons. The van der Waals surface area contributed by atoms with Crippen molar-refractivity contribution in [3.8, 4) is 0 Å². The molecule has 24 heavy (non-hydrogen) atoms. The summed E-state index contributed by atoms with van der Waals surface area (Å²) in [6.07, 6.45) is 2.34. The third-order valence-corrected chi connectivity index (χ3v) is 4.78. The Morgan fingerprint density at radius 1 is 1.33 bits per heavy atom. The fourth-order valence-electron chi connectivity index (χ4n) is 3.55. The number of aromatic amines is 1. The second kappa shape index (κ2) is 6.84. The number of nitrogens with one attached hydrogen (secondary N) is 1. The lowest BCUT2D eigenvalue weighted by Gasteiger charge is -2.36. The second-order valence-corrected chi connectivity index (χ2v) is 6.84. The van der Waals surface area contributed by atoms with E-state index in [2.05, 4.69) is 31.9 Å². The van der Waals surface area contributed by atoms with Gasteiger partial charge in [0.05, 0.1) is 6.04 Å². The SMILES string of the molecule is Cc1cc(=O)[nH]c([C@@H](C)N2CCC[C@H](Cn3nc(C)nc3C)C2)n1. The number of rotatable bonds is 4. The van der Waals surface area contributed by atoms with E-state index in [1.165, 1.54) is 12.5 Å². The van der Waals surface area contributed by atoms with Gasteiger partial charge in [-0.3, -0.25) is 9.69 Å². The smallest absolute Gasteiger partial charge is 0.251 e. The molecule has 0 aliphatic carbocycles. The first kappa shape index (κ1) is 16.8. The molecule has 3 rings (SSSR count). The zero-order chi connectivity index (χ0) is 17.3. The summed E-state index contributed by atoms with van der Waals surface area (Å²) < 4.78 is 2.01. The van der Waals surface area contributed by atoms with Gasteiger partial charge in [0, 0.05) is 24.8 Å². The third-order valence-electron chi connectivity index (χ3n) is 4.78. The van der Waals surface area contributed by atoms with E-state index in [0.717, 1.165) is 49.2 Å². The molecular weight excluding hydrogens is 304 g/mol. The van der Waals surface area contributed by atoms with Crippen LogP contribution in [0.3, 0.4) is 0 Å². The van der Waals surface area contributed by atoms with Crippen molar-refractivity contribution in [2.45, 2.75) is 53.1 Å². The maximum absolute atomic E-state index is 11.7. The highest BCUT2D eigenvalue weighted by Gasteiger charge is 2.26. The third kappa shape index (κ3) is 3.72. The second-order valence-electron chi connectivity index (χ2n) is 6.84. The molecule has 0 saturated carbocycles. The molecule has 0 bridgehead atoms. The minimum absolute atomic E-state index is 0.0772. The van der Waals surface area contributed by atoms with Gasteiger partial charge in [0.2, 0.25) is 0 Å². The Bertz CT molecular complexity index is 765. The van der Waals surface area contributed by atoms with Crippen molar-refractivity contribution in [2.24, 2.45) is 5.92 Å². The zero-order valence-electron chi connectivity index (χ0n) is 14.9. The summed E-state index contributed by atoms with van der Waals surface area (Å²) >= 11 is 0. The minimum Gasteiger partial charge on any atom is -0.309 e. The predicted octanol–water partition coefficient (Wildman–Crippen LogP) is 1.76. The maximum atomic E-state index is 11.7. The van der Waals surface area contributed by atoms with Crippen molar-refractivity contribution in [3.63, 3.8) is 0 Å². The van der Waals surface area contributed by atoms with Crippen LogP contribution < -0.4 is 5.56 Å². The van der Waals surface area contributed by atoms with Gasteiger partial charge in [0.25, 0.3) is 5.56 Å². The minimum atomic E-state index is -0.0772. The van der Waals surface area contributed by atoms with Gasteiger partial charge >= 0.3 is 0 Å². The molecule has 0 aromatic carbocycles. The van der Waals surface area contributed by atoms with Crippen molar-refractivity contribution < 1.29 is 0 Å². The Labute approximate surface area is 142 Å². The summed E-state index contributed by atoms with van der Waals surface area (Å²) in [5.41, 5.74) is 0.689. The fourth-order valence-corrected chi connectivity index (χ4v) is 3.55. The number of nitrogens with zero attached hydrogens (tertiary/aromatic N) is 5. The summed E-state index contributed by atoms with van der Waals surface area (Å²) in [5, 5.41) is 4.48. The molecule has 2 aromatic rings. The lowest BCUT2D eigenvalue weighted by atomic mass is 9.96. The fraction of sp³-hybridized carbons (Fsp3) is 0.647. The van der Waals surface area contributed by atoms with Gasteiger partial charge in [0.15, 0.2) is 0 Å². The highest BCUT2D eigenvalue weighted by molar-refractivity contribution is 5.03. The average molecular weight is 330 g/mol. The van der Waals surface area contributed by atoms with E-state index in [9.17, 15) is 4.79 Å². The molecule has 7 heteroatoms. The van der Waals surface area contributed by atoms with Gasteiger partial charge in [0.1, 0.15) is 17.5 Å². The Kier molecular flexibility index (Phi) is 4.80. The monoisotopic (exact) mass is 330 g/mol. The number of hydrogen-bond acceptors (Lipinski definition) is 5. The molecule has 2 atom stereocenters. The van der Waals surface area contributed by atoms with Crippen LogP contribution in [0.15, 0.2) is 10.9 Å². The van der Waals surface area contributed by atoms with E-state index in [1.807, 2.05) is 25.5 Å². The molecule has 1 aliphatic heterocycles. The van der Waals surface area contributed by atoms with Crippen molar-refractivity contribution in [2.75, 3.05) is 13.1 Å². The Morgan fingerprint density at radius 3 is 2.79 bits per heavy atom. The number of H-pyrrole nitrogens is 1. The van der Waals surface area contributed by atoms with Crippen LogP contribution in [0.5, 0.6) is 0 Å². The first-order valence-electron chi connectivity index (χ1n) is 8.62. The quantitative estimate of drug-likeness (QED) is 0.924. The lowest BCUT2D eigenvalue weighted by Crippen LogP contribution is -2.39. The van der Waals surface area contributed by atoms with E-state index in [1.54, 1.807) is 0 Å². The van der Waals surface area contributed by atoms with Crippen LogP contribution in [-0.4, -0.2) is 42.7 Å². The average Bonchev–Trinajstić information content (AvgIpc) is 2.83. The summed E-state index contributed by atoms with van der Waals surface area (Å²) in [7, 11) is 0. The van der Waals surface area contributed by atoms with Crippen LogP contribution in [0.2, 0.25) is 0 Å². The van der Waals surface area contributed by atoms with Crippen LogP contribution in [0.25, 0.3) is 0 Å². The maximum Gasteiger partial charge on any atom is 0.251 e. The van der Waals surface area contributed by atoms with E-state index in [-0.39, 0.29) is 11.6 Å². The van der Waals surface area contributed by atoms with Gasteiger partial charge in [-0.15, -0.1) is 0 Å². The van der Waals surface area contributed by atoms with Crippen molar-refractivity contribution in [3.05, 3.63) is 39.6 Å². The van der Waals surface area contributed by atoms with Gasteiger partial charge in [-0.05, 0) is 53.0 Å². The van der Waals surface area contributed by atoms with E-state index in [4.69, 9.17) is 0 Å². The van der Waals surface area contributed by atoms with Crippen molar-refractivity contribution in [1.82, 2.24) is 29.6 Å². The summed E-state index contributed by atoms with van der Waals surface area (Å²) in [6.45, 7) is 10.8. The Hall–Kier alpha value is -2.02. The largest absolute Gasteiger partial charge is 0.309 e. The van der Waals surface area contributed by atoms with Crippen LogP contribution in [0.1, 0.15) is 49.0 Å². The molecule has 0 spiro atoms. The highest BCUT2D eigenvalue weighted by atomic mass is 16.1. The van der Waals surface area contributed by atoms with Gasteiger partial charge in [-0.1, -0.05) is 0 Å². The molecule has 1 fully saturated rings. The number of piperidine rings is 1. The molecule has 0 unspecified atom stereocenters. The van der Waals surface area contributed by atoms with Gasteiger partial charge < -0.3 is 4.98 Å². The highest BCUT2D eigenvalue weighted by Crippen LogP contribution is 2.25. The summed E-state index contributed by atoms with van der Waals surface area (Å²) in [5.74, 6) is 3.10. The normalized spacial score (nSPS) is 20.2. The van der Waals surface area contributed by atoms with Gasteiger partial charge in [-0.2, -0.15) is 5.10 Å². The van der Waals surface area contributed by atoms with Gasteiger partial charge in [-0.25, -0.2) is 14.6 Å². The molecular formula is C17H26N6O. The molecule has 0 amide bonds. The number of hydrogen-bond donors (Lipinski definition) is 1. The topological polar surface area (TPSA) is 79.7 Å².